The number of nitrogens with one attached hydrogen (secondary N) is 1. The molecule has 76 valence electrons. The average Bonchev–Trinajstić information content (AvgIpc) is 2.66. The lowest BCUT2D eigenvalue weighted by atomic mass is 10.0. The Kier molecular flexibility index (Phi) is 2.85. The highest BCUT2D eigenvalue weighted by Crippen LogP contribution is 2.26. The van der Waals surface area contributed by atoms with Crippen molar-refractivity contribution < 1.29 is 5.11 Å². The average molecular weight is 191 g/mol. The molecule has 0 aromatic heterocycles. The highest BCUT2D eigenvalue weighted by Gasteiger charge is 2.23. The first kappa shape index (κ1) is 9.69. The summed E-state index contributed by atoms with van der Waals surface area (Å²) in [6.07, 6.45) is 2.21. The van der Waals surface area contributed by atoms with Crippen molar-refractivity contribution in [2.45, 2.75) is 31.8 Å². The molecular formula is C12H17NO. The van der Waals surface area contributed by atoms with E-state index in [1.807, 2.05) is 0 Å². The highest BCUT2D eigenvalue weighted by atomic mass is 16.3. The fraction of sp³-hybridized carbons (Fsp3) is 0.500. The van der Waals surface area contributed by atoms with Gasteiger partial charge in [-0.05, 0) is 25.3 Å². The monoisotopic (exact) mass is 191 g/mol. The van der Waals surface area contributed by atoms with E-state index in [0.29, 0.717) is 12.1 Å². The molecule has 0 saturated carbocycles. The zero-order valence-electron chi connectivity index (χ0n) is 8.53. The molecule has 0 aliphatic carbocycles. The number of hydrogen-bond acceptors (Lipinski definition) is 2. The molecule has 1 heterocycles. The minimum absolute atomic E-state index is 0.252. The largest absolute Gasteiger partial charge is 0.395 e. The molecule has 14 heavy (non-hydrogen) atoms. The summed E-state index contributed by atoms with van der Waals surface area (Å²) in [6, 6.07) is 9.31. The number of aryl methyl sites for hydroxylation is 1. The molecule has 0 spiro atoms. The molecule has 0 amide bonds. The summed E-state index contributed by atoms with van der Waals surface area (Å²) in [5, 5.41) is 12.5. The summed E-state index contributed by atoms with van der Waals surface area (Å²) in [5.74, 6) is 0. The van der Waals surface area contributed by atoms with Crippen molar-refractivity contribution in [2.75, 3.05) is 6.61 Å². The third-order valence-corrected chi connectivity index (χ3v) is 2.91. The molecule has 2 nitrogen and oxygen atoms in total. The molecule has 1 fully saturated rings. The van der Waals surface area contributed by atoms with Gasteiger partial charge in [0.25, 0.3) is 0 Å². The van der Waals surface area contributed by atoms with Gasteiger partial charge in [0, 0.05) is 12.1 Å². The number of benzene rings is 1. The maximum absolute atomic E-state index is 9.02. The van der Waals surface area contributed by atoms with E-state index in [4.69, 9.17) is 5.11 Å². The molecule has 1 aromatic carbocycles. The standard InChI is InChI=1S/C12H17NO/c1-9-3-2-4-10(7-9)12-6-5-11(8-14)13-12/h2-4,7,11-14H,5-6,8H2,1H3/t11-,12-/m0/s1. The summed E-state index contributed by atoms with van der Waals surface area (Å²) >= 11 is 0. The third kappa shape index (κ3) is 1.97. The molecule has 1 aliphatic rings. The van der Waals surface area contributed by atoms with Crippen LogP contribution in [0.1, 0.15) is 30.0 Å². The van der Waals surface area contributed by atoms with E-state index < -0.39 is 0 Å². The van der Waals surface area contributed by atoms with Gasteiger partial charge >= 0.3 is 0 Å². The highest BCUT2D eigenvalue weighted by molar-refractivity contribution is 5.25. The first-order chi connectivity index (χ1) is 6.79. The van der Waals surface area contributed by atoms with Gasteiger partial charge in [0.1, 0.15) is 0 Å². The summed E-state index contributed by atoms with van der Waals surface area (Å²) in [4.78, 5) is 0. The van der Waals surface area contributed by atoms with Gasteiger partial charge in [-0.1, -0.05) is 29.8 Å². The van der Waals surface area contributed by atoms with Gasteiger partial charge < -0.3 is 10.4 Å². The van der Waals surface area contributed by atoms with Gasteiger partial charge in [-0.25, -0.2) is 0 Å². The Balaban J connectivity index is 2.09. The van der Waals surface area contributed by atoms with Gasteiger partial charge in [0.2, 0.25) is 0 Å². The fourth-order valence-corrected chi connectivity index (χ4v) is 2.11. The second-order valence-electron chi connectivity index (χ2n) is 4.09. The topological polar surface area (TPSA) is 32.3 Å². The number of aliphatic hydroxyl groups is 1. The minimum atomic E-state index is 0.252. The van der Waals surface area contributed by atoms with E-state index >= 15 is 0 Å². The Hall–Kier alpha value is -0.860. The second kappa shape index (κ2) is 4.11. The van der Waals surface area contributed by atoms with Crippen molar-refractivity contribution in [3.8, 4) is 0 Å². The number of hydrogen-bond donors (Lipinski definition) is 2. The van der Waals surface area contributed by atoms with Crippen LogP contribution in [0.25, 0.3) is 0 Å². The molecule has 0 radical (unpaired) electrons. The lowest BCUT2D eigenvalue weighted by molar-refractivity contribution is 0.251. The third-order valence-electron chi connectivity index (χ3n) is 2.91. The zero-order chi connectivity index (χ0) is 9.97. The van der Waals surface area contributed by atoms with Crippen molar-refractivity contribution in [1.82, 2.24) is 5.32 Å². The van der Waals surface area contributed by atoms with Crippen LogP contribution < -0.4 is 5.32 Å². The molecule has 0 bridgehead atoms. The van der Waals surface area contributed by atoms with Crippen molar-refractivity contribution in [1.29, 1.82) is 0 Å². The second-order valence-corrected chi connectivity index (χ2v) is 4.09. The van der Waals surface area contributed by atoms with Gasteiger partial charge in [0.05, 0.1) is 6.61 Å². The molecule has 0 unspecified atom stereocenters. The molecule has 1 saturated heterocycles. The number of aliphatic hydroxyl groups excluding tert-OH is 1. The van der Waals surface area contributed by atoms with Crippen LogP contribution >= 0.6 is 0 Å². The molecule has 2 N–H and O–H groups in total. The van der Waals surface area contributed by atoms with Crippen LogP contribution in [0.3, 0.4) is 0 Å². The van der Waals surface area contributed by atoms with Gasteiger partial charge in [-0.2, -0.15) is 0 Å². The van der Waals surface area contributed by atoms with Crippen LogP contribution in [0.5, 0.6) is 0 Å². The maximum Gasteiger partial charge on any atom is 0.0584 e. The molecule has 2 atom stereocenters. The van der Waals surface area contributed by atoms with Crippen LogP contribution in [-0.4, -0.2) is 17.8 Å². The predicted octanol–water partition coefficient (Wildman–Crippen LogP) is 1.78. The van der Waals surface area contributed by atoms with Crippen LogP contribution in [0.4, 0.5) is 0 Å². The van der Waals surface area contributed by atoms with Crippen LogP contribution in [0.15, 0.2) is 24.3 Å². The molecular weight excluding hydrogens is 174 g/mol. The Morgan fingerprint density at radius 1 is 1.43 bits per heavy atom. The van der Waals surface area contributed by atoms with Crippen molar-refractivity contribution in [2.24, 2.45) is 0 Å². The van der Waals surface area contributed by atoms with Gasteiger partial charge in [-0.3, -0.25) is 0 Å². The fourth-order valence-electron chi connectivity index (χ4n) is 2.11. The van der Waals surface area contributed by atoms with E-state index in [0.717, 1.165) is 12.8 Å². The first-order valence-corrected chi connectivity index (χ1v) is 5.23. The SMILES string of the molecule is Cc1cccc([C@@H]2CC[C@@H](CO)N2)c1. The summed E-state index contributed by atoms with van der Waals surface area (Å²) in [6.45, 7) is 2.37. The lowest BCUT2D eigenvalue weighted by Gasteiger charge is -2.13. The van der Waals surface area contributed by atoms with Gasteiger partial charge in [0.15, 0.2) is 0 Å². The molecule has 2 rings (SSSR count). The van der Waals surface area contributed by atoms with E-state index in [-0.39, 0.29) is 6.61 Å². The molecule has 2 heteroatoms. The smallest absolute Gasteiger partial charge is 0.0584 e. The Morgan fingerprint density at radius 2 is 2.29 bits per heavy atom. The number of rotatable bonds is 2. The summed E-state index contributed by atoms with van der Waals surface area (Å²) in [5.41, 5.74) is 2.65. The Labute approximate surface area is 85.0 Å². The van der Waals surface area contributed by atoms with Crippen molar-refractivity contribution >= 4 is 0 Å². The van der Waals surface area contributed by atoms with Crippen molar-refractivity contribution in [3.63, 3.8) is 0 Å². The maximum atomic E-state index is 9.02. The first-order valence-electron chi connectivity index (χ1n) is 5.23. The Morgan fingerprint density at radius 3 is 2.93 bits per heavy atom. The predicted molar refractivity (Wildman–Crippen MR) is 57.2 cm³/mol. The van der Waals surface area contributed by atoms with E-state index in [1.54, 1.807) is 0 Å². The van der Waals surface area contributed by atoms with Crippen LogP contribution in [-0.2, 0) is 0 Å². The molecule has 1 aliphatic heterocycles. The van der Waals surface area contributed by atoms with E-state index in [1.165, 1.54) is 11.1 Å². The lowest BCUT2D eigenvalue weighted by Crippen LogP contribution is -2.27. The van der Waals surface area contributed by atoms with E-state index in [9.17, 15) is 0 Å². The van der Waals surface area contributed by atoms with Crippen LogP contribution in [0.2, 0.25) is 0 Å². The summed E-state index contributed by atoms with van der Waals surface area (Å²) in [7, 11) is 0. The van der Waals surface area contributed by atoms with Crippen molar-refractivity contribution in [3.05, 3.63) is 35.4 Å². The van der Waals surface area contributed by atoms with Gasteiger partial charge in [-0.15, -0.1) is 0 Å². The Bertz CT molecular complexity index is 311. The molecule has 1 aromatic rings. The minimum Gasteiger partial charge on any atom is -0.395 e. The van der Waals surface area contributed by atoms with Crippen LogP contribution in [0, 0.1) is 6.92 Å². The zero-order valence-corrected chi connectivity index (χ0v) is 8.53. The quantitative estimate of drug-likeness (QED) is 0.747. The van der Waals surface area contributed by atoms with E-state index in [2.05, 4.69) is 36.5 Å². The normalized spacial score (nSPS) is 26.7. The summed E-state index contributed by atoms with van der Waals surface area (Å²) < 4.78 is 0.